The first kappa shape index (κ1) is 23.0. The van der Waals surface area contributed by atoms with Gasteiger partial charge in [0.2, 0.25) is 11.8 Å². The highest BCUT2D eigenvalue weighted by molar-refractivity contribution is 6.00. The standard InChI is InChI=1S/C22H19F3N4O5/c23-22(24,25)34-15-4-2-14(3-5-15)27-21(33)26-10-12-1-6-16-13(9-12)11-29(20(16)32)17-7-8-18(30)28-19(17)31/h1-6,9,11,17,32H,7-8,10H2,(H2,26,27,33)(H,28,30,31). The summed E-state index contributed by atoms with van der Waals surface area (Å²) in [4.78, 5) is 35.6. The Balaban J connectivity index is 1.38. The number of carbonyl (C=O) groups excluding carboxylic acids is 3. The number of hydrogen-bond donors (Lipinski definition) is 4. The van der Waals surface area contributed by atoms with E-state index >= 15 is 0 Å². The fourth-order valence-corrected chi connectivity index (χ4v) is 3.67. The Kier molecular flexibility index (Phi) is 6.05. The number of rotatable bonds is 5. The number of alkyl halides is 3. The van der Waals surface area contributed by atoms with Gasteiger partial charge >= 0.3 is 12.4 Å². The van der Waals surface area contributed by atoms with E-state index in [0.29, 0.717) is 16.3 Å². The van der Waals surface area contributed by atoms with E-state index in [4.69, 9.17) is 0 Å². The Bertz CT molecular complexity index is 1250. The monoisotopic (exact) mass is 476 g/mol. The van der Waals surface area contributed by atoms with Crippen LogP contribution in [0.1, 0.15) is 24.4 Å². The zero-order chi connectivity index (χ0) is 24.5. The molecule has 34 heavy (non-hydrogen) atoms. The number of aromatic hydroxyl groups is 1. The van der Waals surface area contributed by atoms with Gasteiger partial charge in [-0.05, 0) is 48.4 Å². The summed E-state index contributed by atoms with van der Waals surface area (Å²) in [7, 11) is 0. The third-order valence-corrected chi connectivity index (χ3v) is 5.22. The Labute approximate surface area is 190 Å². The minimum Gasteiger partial charge on any atom is -0.494 e. The van der Waals surface area contributed by atoms with E-state index < -0.39 is 30.1 Å². The van der Waals surface area contributed by atoms with Crippen LogP contribution in [0.15, 0.2) is 48.7 Å². The van der Waals surface area contributed by atoms with Gasteiger partial charge in [-0.1, -0.05) is 6.07 Å². The average Bonchev–Trinajstić information content (AvgIpc) is 3.08. The molecule has 1 atom stereocenters. The van der Waals surface area contributed by atoms with Crippen LogP contribution >= 0.6 is 0 Å². The maximum absolute atomic E-state index is 12.2. The molecule has 4 amide bonds. The average molecular weight is 476 g/mol. The van der Waals surface area contributed by atoms with Crippen molar-refractivity contribution >= 4 is 34.3 Å². The third kappa shape index (κ3) is 5.22. The largest absolute Gasteiger partial charge is 0.573 e. The van der Waals surface area contributed by atoms with Crippen molar-refractivity contribution in [3.05, 3.63) is 54.2 Å². The van der Waals surface area contributed by atoms with Crippen molar-refractivity contribution < 1.29 is 37.4 Å². The lowest BCUT2D eigenvalue weighted by Gasteiger charge is -2.22. The Morgan fingerprint density at radius 3 is 2.59 bits per heavy atom. The highest BCUT2D eigenvalue weighted by Gasteiger charge is 2.31. The van der Waals surface area contributed by atoms with E-state index in [1.54, 1.807) is 24.4 Å². The number of halogens is 3. The molecule has 0 spiro atoms. The number of urea groups is 1. The molecule has 0 saturated carbocycles. The number of benzene rings is 2. The number of amides is 4. The van der Waals surface area contributed by atoms with E-state index in [1.807, 2.05) is 0 Å². The van der Waals surface area contributed by atoms with Crippen LogP contribution < -0.4 is 20.7 Å². The zero-order valence-corrected chi connectivity index (χ0v) is 17.5. The summed E-state index contributed by atoms with van der Waals surface area (Å²) in [5.74, 6) is -1.34. The fraction of sp³-hybridized carbons (Fsp3) is 0.227. The van der Waals surface area contributed by atoms with Crippen molar-refractivity contribution in [1.82, 2.24) is 15.2 Å². The summed E-state index contributed by atoms with van der Waals surface area (Å²) in [5, 5.41) is 19.1. The number of hydrogen-bond acceptors (Lipinski definition) is 5. The van der Waals surface area contributed by atoms with Crippen LogP contribution in [0.2, 0.25) is 0 Å². The van der Waals surface area contributed by atoms with E-state index in [2.05, 4.69) is 20.7 Å². The molecule has 0 aliphatic carbocycles. The van der Waals surface area contributed by atoms with Crippen LogP contribution in [0.3, 0.4) is 0 Å². The molecule has 9 nitrogen and oxygen atoms in total. The minimum atomic E-state index is -4.80. The summed E-state index contributed by atoms with van der Waals surface area (Å²) in [6.07, 6.45) is -2.74. The molecule has 1 aliphatic rings. The summed E-state index contributed by atoms with van der Waals surface area (Å²) < 4.78 is 41.8. The molecular formula is C22H19F3N4O5. The number of aromatic nitrogens is 1. The van der Waals surface area contributed by atoms with Crippen molar-refractivity contribution in [3.8, 4) is 11.6 Å². The normalized spacial score (nSPS) is 16.3. The molecule has 2 aromatic carbocycles. The molecule has 1 aromatic heterocycles. The molecule has 2 heterocycles. The first-order chi connectivity index (χ1) is 16.1. The van der Waals surface area contributed by atoms with Crippen LogP contribution in [0, 0.1) is 0 Å². The summed E-state index contributed by atoms with van der Waals surface area (Å²) in [6.45, 7) is 0.126. The fourth-order valence-electron chi connectivity index (χ4n) is 3.67. The van der Waals surface area contributed by atoms with E-state index in [-0.39, 0.29) is 36.9 Å². The maximum Gasteiger partial charge on any atom is 0.573 e. The second-order valence-electron chi connectivity index (χ2n) is 7.63. The quantitative estimate of drug-likeness (QED) is 0.420. The molecule has 178 valence electrons. The molecule has 12 heteroatoms. The van der Waals surface area contributed by atoms with Crippen molar-refractivity contribution in [1.29, 1.82) is 0 Å². The molecular weight excluding hydrogens is 457 g/mol. The van der Waals surface area contributed by atoms with Crippen LogP contribution in [0.4, 0.5) is 23.7 Å². The highest BCUT2D eigenvalue weighted by atomic mass is 19.4. The first-order valence-electron chi connectivity index (χ1n) is 10.2. The predicted octanol–water partition coefficient (Wildman–Crippen LogP) is 3.54. The molecule has 1 aliphatic heterocycles. The van der Waals surface area contributed by atoms with Gasteiger partial charge in [0.15, 0.2) is 5.88 Å². The molecule has 3 aromatic rings. The molecule has 0 radical (unpaired) electrons. The number of anilines is 1. The molecule has 0 bridgehead atoms. The number of nitrogens with one attached hydrogen (secondary N) is 3. The number of piperidine rings is 1. The highest BCUT2D eigenvalue weighted by Crippen LogP contribution is 2.33. The number of nitrogens with zero attached hydrogens (tertiary/aromatic N) is 1. The summed E-state index contributed by atoms with van der Waals surface area (Å²) >= 11 is 0. The third-order valence-electron chi connectivity index (χ3n) is 5.22. The van der Waals surface area contributed by atoms with Crippen LogP contribution in [-0.2, 0) is 16.1 Å². The van der Waals surface area contributed by atoms with Gasteiger partial charge in [-0.25, -0.2) is 4.79 Å². The van der Waals surface area contributed by atoms with Gasteiger partial charge in [0, 0.05) is 35.6 Å². The van der Waals surface area contributed by atoms with E-state index in [9.17, 15) is 32.7 Å². The van der Waals surface area contributed by atoms with Crippen molar-refractivity contribution in [2.45, 2.75) is 31.8 Å². The van der Waals surface area contributed by atoms with Gasteiger partial charge < -0.3 is 25.0 Å². The zero-order valence-electron chi connectivity index (χ0n) is 17.5. The number of carbonyl (C=O) groups is 3. The predicted molar refractivity (Wildman–Crippen MR) is 114 cm³/mol. The van der Waals surface area contributed by atoms with E-state index in [1.165, 1.54) is 16.7 Å². The number of imide groups is 1. The number of fused-ring (bicyclic) bond motifs is 1. The lowest BCUT2D eigenvalue weighted by atomic mass is 10.1. The maximum atomic E-state index is 12.2. The molecule has 4 N–H and O–H groups in total. The second kappa shape index (κ2) is 8.96. The smallest absolute Gasteiger partial charge is 0.494 e. The van der Waals surface area contributed by atoms with Gasteiger partial charge in [0.25, 0.3) is 0 Å². The molecule has 1 unspecified atom stereocenters. The molecule has 4 rings (SSSR count). The Morgan fingerprint density at radius 1 is 1.18 bits per heavy atom. The van der Waals surface area contributed by atoms with Crippen LogP contribution in [0.25, 0.3) is 10.8 Å². The SMILES string of the molecule is O=C1CCC(n2cc3cc(CNC(=O)Nc4ccc(OC(F)(F)F)cc4)ccc3c2O)C(=O)N1. The van der Waals surface area contributed by atoms with Crippen LogP contribution in [0.5, 0.6) is 11.6 Å². The molecule has 1 saturated heterocycles. The topological polar surface area (TPSA) is 122 Å². The van der Waals surface area contributed by atoms with Crippen molar-refractivity contribution in [2.75, 3.05) is 5.32 Å². The first-order valence-corrected chi connectivity index (χ1v) is 10.2. The Morgan fingerprint density at radius 2 is 1.91 bits per heavy atom. The number of ether oxygens (including phenoxy) is 1. The van der Waals surface area contributed by atoms with Gasteiger partial charge in [-0.2, -0.15) is 0 Å². The minimum absolute atomic E-state index is 0.0975. The summed E-state index contributed by atoms with van der Waals surface area (Å²) in [6, 6.07) is 8.51. The van der Waals surface area contributed by atoms with Gasteiger partial charge in [-0.15, -0.1) is 13.2 Å². The van der Waals surface area contributed by atoms with Crippen molar-refractivity contribution in [3.63, 3.8) is 0 Å². The summed E-state index contributed by atoms with van der Waals surface area (Å²) in [5.41, 5.74) is 0.978. The van der Waals surface area contributed by atoms with Gasteiger partial charge in [-0.3, -0.25) is 14.9 Å². The van der Waals surface area contributed by atoms with Crippen LogP contribution in [-0.4, -0.2) is 33.9 Å². The lowest BCUT2D eigenvalue weighted by Crippen LogP contribution is -2.41. The Hall–Kier alpha value is -4.22. The van der Waals surface area contributed by atoms with Gasteiger partial charge in [0.05, 0.1) is 0 Å². The van der Waals surface area contributed by atoms with E-state index in [0.717, 1.165) is 12.1 Å². The lowest BCUT2D eigenvalue weighted by molar-refractivity contribution is -0.274. The van der Waals surface area contributed by atoms with Gasteiger partial charge in [0.1, 0.15) is 11.8 Å². The molecule has 1 fully saturated rings. The van der Waals surface area contributed by atoms with Crippen molar-refractivity contribution in [2.24, 2.45) is 0 Å². The second-order valence-corrected chi connectivity index (χ2v) is 7.63.